The maximum Gasteiger partial charge on any atom is 0.0560 e. The third-order valence-corrected chi connectivity index (χ3v) is 4.25. The van der Waals surface area contributed by atoms with Gasteiger partial charge < -0.3 is 5.32 Å². The molecule has 1 aliphatic carbocycles. The summed E-state index contributed by atoms with van der Waals surface area (Å²) < 4.78 is 2.01. The van der Waals surface area contributed by atoms with E-state index in [2.05, 4.69) is 31.2 Å². The van der Waals surface area contributed by atoms with Gasteiger partial charge in [0.2, 0.25) is 0 Å². The van der Waals surface area contributed by atoms with Crippen molar-refractivity contribution >= 4 is 0 Å². The van der Waals surface area contributed by atoms with E-state index < -0.39 is 0 Å². The first-order valence-corrected chi connectivity index (χ1v) is 7.38. The van der Waals surface area contributed by atoms with Crippen LogP contribution in [0.3, 0.4) is 0 Å². The summed E-state index contributed by atoms with van der Waals surface area (Å²) in [7, 11) is 0. The predicted molar refractivity (Wildman–Crippen MR) is 75.4 cm³/mol. The van der Waals surface area contributed by atoms with Crippen molar-refractivity contribution in [2.45, 2.75) is 65.1 Å². The van der Waals surface area contributed by atoms with E-state index in [9.17, 15) is 0 Å². The minimum absolute atomic E-state index is 0.505. The number of hydrogen-bond acceptors (Lipinski definition) is 2. The van der Waals surface area contributed by atoms with E-state index in [1.54, 1.807) is 0 Å². The molecule has 0 aromatic carbocycles. The Morgan fingerprint density at radius 1 is 1.22 bits per heavy atom. The molecule has 0 spiro atoms. The lowest BCUT2D eigenvalue weighted by Crippen LogP contribution is -2.41. The number of hydrogen-bond donors (Lipinski definition) is 1. The van der Waals surface area contributed by atoms with E-state index in [1.165, 1.54) is 25.7 Å². The van der Waals surface area contributed by atoms with Crippen LogP contribution in [-0.4, -0.2) is 21.9 Å². The Labute approximate surface area is 111 Å². The van der Waals surface area contributed by atoms with Crippen molar-refractivity contribution < 1.29 is 0 Å². The first-order valence-electron chi connectivity index (χ1n) is 7.38. The normalized spacial score (nSPS) is 26.4. The fraction of sp³-hybridized carbons (Fsp3) is 0.800. The van der Waals surface area contributed by atoms with Gasteiger partial charge in [-0.05, 0) is 50.5 Å². The molecule has 0 amide bonds. The lowest BCUT2D eigenvalue weighted by Gasteiger charge is -2.33. The molecule has 1 N–H and O–H groups in total. The van der Waals surface area contributed by atoms with Crippen LogP contribution in [0.2, 0.25) is 0 Å². The molecule has 0 aliphatic heterocycles. The molecule has 3 nitrogen and oxygen atoms in total. The van der Waals surface area contributed by atoms with Crippen LogP contribution in [-0.2, 0) is 6.54 Å². The van der Waals surface area contributed by atoms with Crippen LogP contribution in [0, 0.1) is 11.8 Å². The van der Waals surface area contributed by atoms with Gasteiger partial charge in [0.05, 0.1) is 6.54 Å². The first kappa shape index (κ1) is 13.6. The van der Waals surface area contributed by atoms with Crippen LogP contribution in [0.1, 0.15) is 46.5 Å². The lowest BCUT2D eigenvalue weighted by atomic mass is 9.79. The number of nitrogens with zero attached hydrogens (tertiary/aromatic N) is 2. The molecule has 1 fully saturated rings. The SMILES string of the molecule is CC(Cn1cccn1)NC1CCC(C(C)C)CC1. The number of aromatic nitrogens is 2. The van der Waals surface area contributed by atoms with Crippen molar-refractivity contribution in [1.82, 2.24) is 15.1 Å². The lowest BCUT2D eigenvalue weighted by molar-refractivity contribution is 0.226. The smallest absolute Gasteiger partial charge is 0.0560 e. The minimum Gasteiger partial charge on any atom is -0.310 e. The molecule has 1 heterocycles. The van der Waals surface area contributed by atoms with Gasteiger partial charge in [0, 0.05) is 24.5 Å². The molecule has 1 unspecified atom stereocenters. The third kappa shape index (κ3) is 3.84. The topological polar surface area (TPSA) is 29.9 Å². The van der Waals surface area contributed by atoms with Crippen molar-refractivity contribution in [3.8, 4) is 0 Å². The van der Waals surface area contributed by atoms with Gasteiger partial charge in [-0.2, -0.15) is 5.10 Å². The molecule has 3 heteroatoms. The van der Waals surface area contributed by atoms with Gasteiger partial charge in [-0.3, -0.25) is 4.68 Å². The van der Waals surface area contributed by atoms with Gasteiger partial charge in [-0.25, -0.2) is 0 Å². The van der Waals surface area contributed by atoms with Gasteiger partial charge in [0.15, 0.2) is 0 Å². The Morgan fingerprint density at radius 3 is 2.50 bits per heavy atom. The number of nitrogens with one attached hydrogen (secondary N) is 1. The second-order valence-electron chi connectivity index (χ2n) is 6.15. The van der Waals surface area contributed by atoms with Gasteiger partial charge in [0.1, 0.15) is 0 Å². The van der Waals surface area contributed by atoms with Crippen LogP contribution in [0.4, 0.5) is 0 Å². The van der Waals surface area contributed by atoms with Crippen LogP contribution in [0.15, 0.2) is 18.5 Å². The molecule has 2 rings (SSSR count). The van der Waals surface area contributed by atoms with E-state index in [-0.39, 0.29) is 0 Å². The maximum atomic E-state index is 4.26. The molecule has 1 aromatic heterocycles. The van der Waals surface area contributed by atoms with Crippen LogP contribution in [0.5, 0.6) is 0 Å². The molecule has 0 radical (unpaired) electrons. The Balaban J connectivity index is 1.71. The highest BCUT2D eigenvalue weighted by Gasteiger charge is 2.23. The average molecular weight is 249 g/mol. The summed E-state index contributed by atoms with van der Waals surface area (Å²) >= 11 is 0. The molecule has 0 bridgehead atoms. The molecule has 1 aromatic rings. The van der Waals surface area contributed by atoms with E-state index in [1.807, 2.05) is 23.1 Å². The molecule has 1 saturated carbocycles. The van der Waals surface area contributed by atoms with Gasteiger partial charge >= 0.3 is 0 Å². The number of rotatable bonds is 5. The molecule has 1 aliphatic rings. The van der Waals surface area contributed by atoms with Crippen LogP contribution < -0.4 is 5.32 Å². The summed E-state index contributed by atoms with van der Waals surface area (Å²) in [6.07, 6.45) is 9.35. The largest absolute Gasteiger partial charge is 0.310 e. The zero-order valence-corrected chi connectivity index (χ0v) is 12.0. The molecule has 0 saturated heterocycles. The first-order chi connectivity index (χ1) is 8.65. The Hall–Kier alpha value is -0.830. The summed E-state index contributed by atoms with van der Waals surface area (Å²) in [4.78, 5) is 0. The minimum atomic E-state index is 0.505. The standard InChI is InChI=1S/C15H27N3/c1-12(2)14-5-7-15(8-6-14)17-13(3)11-18-10-4-9-16-18/h4,9-10,12-15,17H,5-8,11H2,1-3H3. The van der Waals surface area contributed by atoms with Crippen LogP contribution in [0.25, 0.3) is 0 Å². The fourth-order valence-electron chi connectivity index (χ4n) is 3.10. The monoisotopic (exact) mass is 249 g/mol. The highest BCUT2D eigenvalue weighted by Crippen LogP contribution is 2.29. The highest BCUT2D eigenvalue weighted by atomic mass is 15.3. The summed E-state index contributed by atoms with van der Waals surface area (Å²) in [5.74, 6) is 1.80. The van der Waals surface area contributed by atoms with Crippen molar-refractivity contribution in [3.63, 3.8) is 0 Å². The predicted octanol–water partition coefficient (Wildman–Crippen LogP) is 3.08. The van der Waals surface area contributed by atoms with Gasteiger partial charge in [-0.15, -0.1) is 0 Å². The summed E-state index contributed by atoms with van der Waals surface area (Å²) in [5, 5.41) is 8.02. The quantitative estimate of drug-likeness (QED) is 0.869. The van der Waals surface area contributed by atoms with Crippen molar-refractivity contribution in [1.29, 1.82) is 0 Å². The van der Waals surface area contributed by atoms with Crippen molar-refractivity contribution in [3.05, 3.63) is 18.5 Å². The van der Waals surface area contributed by atoms with E-state index in [0.29, 0.717) is 12.1 Å². The summed E-state index contributed by atoms with van der Waals surface area (Å²) in [6.45, 7) is 7.95. The van der Waals surface area contributed by atoms with E-state index >= 15 is 0 Å². The maximum absolute atomic E-state index is 4.26. The van der Waals surface area contributed by atoms with Crippen molar-refractivity contribution in [2.75, 3.05) is 0 Å². The molecular weight excluding hydrogens is 222 g/mol. The Bertz CT molecular complexity index is 324. The molecular formula is C15H27N3. The second kappa shape index (κ2) is 6.37. The summed E-state index contributed by atoms with van der Waals surface area (Å²) in [5.41, 5.74) is 0. The van der Waals surface area contributed by atoms with E-state index in [4.69, 9.17) is 0 Å². The van der Waals surface area contributed by atoms with E-state index in [0.717, 1.165) is 18.4 Å². The molecule has 1 atom stereocenters. The second-order valence-corrected chi connectivity index (χ2v) is 6.15. The zero-order valence-electron chi connectivity index (χ0n) is 12.0. The Morgan fingerprint density at radius 2 is 1.94 bits per heavy atom. The third-order valence-electron chi connectivity index (χ3n) is 4.25. The fourth-order valence-corrected chi connectivity index (χ4v) is 3.10. The summed E-state index contributed by atoms with van der Waals surface area (Å²) in [6, 6.07) is 3.21. The highest BCUT2D eigenvalue weighted by molar-refractivity contribution is 4.82. The van der Waals surface area contributed by atoms with Gasteiger partial charge in [0.25, 0.3) is 0 Å². The van der Waals surface area contributed by atoms with Crippen LogP contribution >= 0.6 is 0 Å². The van der Waals surface area contributed by atoms with Crippen molar-refractivity contribution in [2.24, 2.45) is 11.8 Å². The molecule has 18 heavy (non-hydrogen) atoms. The average Bonchev–Trinajstić information content (AvgIpc) is 2.82. The Kier molecular flexibility index (Phi) is 4.81. The molecule has 102 valence electrons. The zero-order chi connectivity index (χ0) is 13.0. The van der Waals surface area contributed by atoms with Gasteiger partial charge in [-0.1, -0.05) is 13.8 Å².